The zero-order valence-electron chi connectivity index (χ0n) is 13.2. The summed E-state index contributed by atoms with van der Waals surface area (Å²) in [5.74, 6) is -2.38. The second-order valence-electron chi connectivity index (χ2n) is 4.87. The normalized spacial score (nSPS) is 10.8. The lowest BCUT2D eigenvalue weighted by molar-refractivity contribution is -0.192. The molecule has 0 saturated carbocycles. The van der Waals surface area contributed by atoms with Gasteiger partial charge in [0.25, 0.3) is 0 Å². The number of nitrogens with zero attached hydrogens (tertiary/aromatic N) is 3. The van der Waals surface area contributed by atoms with Crippen molar-refractivity contribution in [2.75, 3.05) is 0 Å². The number of rotatable bonds is 2. The first-order chi connectivity index (χ1) is 12.2. The van der Waals surface area contributed by atoms with Crippen LogP contribution in [-0.4, -0.2) is 32.4 Å². The minimum absolute atomic E-state index is 0.293. The summed E-state index contributed by atoms with van der Waals surface area (Å²) in [6, 6.07) is 8.37. The molecule has 0 aliphatic carbocycles. The molecule has 3 aromatic rings. The molecule has 2 heterocycles. The Morgan fingerprint density at radius 2 is 1.77 bits per heavy atom. The van der Waals surface area contributed by atoms with Gasteiger partial charge in [-0.3, -0.25) is 4.98 Å². The molecule has 26 heavy (non-hydrogen) atoms. The van der Waals surface area contributed by atoms with E-state index in [1.165, 1.54) is 6.07 Å². The van der Waals surface area contributed by atoms with Crippen molar-refractivity contribution in [1.29, 1.82) is 0 Å². The second-order valence-corrected chi connectivity index (χ2v) is 4.87. The van der Waals surface area contributed by atoms with Crippen molar-refractivity contribution in [3.05, 3.63) is 54.1 Å². The number of aliphatic carboxylic acids is 1. The van der Waals surface area contributed by atoms with E-state index in [-0.39, 0.29) is 5.82 Å². The lowest BCUT2D eigenvalue weighted by Crippen LogP contribution is -2.21. The van der Waals surface area contributed by atoms with Gasteiger partial charge in [0.15, 0.2) is 0 Å². The summed E-state index contributed by atoms with van der Waals surface area (Å²) in [5, 5.41) is 15.0. The average Bonchev–Trinajstić information content (AvgIpc) is 3.08. The predicted molar refractivity (Wildman–Crippen MR) is 81.4 cm³/mol. The maximum Gasteiger partial charge on any atom is 0.490 e. The topological polar surface area (TPSA) is 89.1 Å². The third kappa shape index (κ3) is 4.62. The van der Waals surface area contributed by atoms with Crippen molar-refractivity contribution in [2.45, 2.75) is 13.1 Å². The van der Waals surface area contributed by atoms with Crippen LogP contribution in [0.15, 0.2) is 47.1 Å². The van der Waals surface area contributed by atoms with Crippen LogP contribution in [0.4, 0.5) is 17.6 Å². The third-order valence-electron chi connectivity index (χ3n) is 3.07. The lowest BCUT2D eigenvalue weighted by Gasteiger charge is -2.01. The van der Waals surface area contributed by atoms with Crippen LogP contribution in [0.3, 0.4) is 0 Å². The molecule has 10 heteroatoms. The molecule has 0 saturated heterocycles. The Bertz CT molecular complexity index is 895. The highest BCUT2D eigenvalue weighted by Crippen LogP contribution is 2.26. The second kappa shape index (κ2) is 7.72. The van der Waals surface area contributed by atoms with Gasteiger partial charge in [0.2, 0.25) is 11.8 Å². The first-order valence-electron chi connectivity index (χ1n) is 6.99. The largest absolute Gasteiger partial charge is 0.490 e. The molecule has 1 N–H and O–H groups in total. The summed E-state index contributed by atoms with van der Waals surface area (Å²) in [6.45, 7) is 1.68. The third-order valence-corrected chi connectivity index (χ3v) is 3.07. The van der Waals surface area contributed by atoms with Crippen LogP contribution in [0.5, 0.6) is 0 Å². The van der Waals surface area contributed by atoms with Crippen LogP contribution in [0.2, 0.25) is 0 Å². The van der Waals surface area contributed by atoms with Crippen LogP contribution in [0.25, 0.3) is 22.9 Å². The maximum atomic E-state index is 13.5. The molecule has 0 atom stereocenters. The molecular weight excluding hydrogens is 358 g/mol. The summed E-state index contributed by atoms with van der Waals surface area (Å²) in [4.78, 5) is 12.9. The summed E-state index contributed by atoms with van der Waals surface area (Å²) in [7, 11) is 0. The zero-order valence-corrected chi connectivity index (χ0v) is 13.2. The summed E-state index contributed by atoms with van der Waals surface area (Å²) in [6.07, 6.45) is -1.78. The van der Waals surface area contributed by atoms with Gasteiger partial charge in [-0.1, -0.05) is 6.07 Å². The highest BCUT2D eigenvalue weighted by Gasteiger charge is 2.38. The molecule has 0 amide bonds. The van der Waals surface area contributed by atoms with Gasteiger partial charge in [-0.05, 0) is 36.8 Å². The summed E-state index contributed by atoms with van der Waals surface area (Å²) < 4.78 is 50.8. The number of pyridine rings is 1. The van der Waals surface area contributed by atoms with E-state index >= 15 is 0 Å². The number of carboxylic acids is 1. The van der Waals surface area contributed by atoms with E-state index in [4.69, 9.17) is 14.3 Å². The van der Waals surface area contributed by atoms with Crippen molar-refractivity contribution in [3.8, 4) is 22.9 Å². The maximum absolute atomic E-state index is 13.5. The van der Waals surface area contributed by atoms with E-state index in [1.807, 2.05) is 6.07 Å². The van der Waals surface area contributed by atoms with Gasteiger partial charge in [0, 0.05) is 18.0 Å². The Hall–Kier alpha value is -3.30. The lowest BCUT2D eigenvalue weighted by atomic mass is 10.1. The highest BCUT2D eigenvalue weighted by molar-refractivity contribution is 5.73. The van der Waals surface area contributed by atoms with Crippen LogP contribution < -0.4 is 0 Å². The standard InChI is InChI=1S/C14H10FN3O.C2HF3O2/c1-9-11(5-2-6-12(9)15)14-18-17-13(19-14)10-4-3-7-16-8-10;3-2(4,5)1(6)7/h2-8H,1H3;(H,6,7). The van der Waals surface area contributed by atoms with Gasteiger partial charge in [-0.2, -0.15) is 13.2 Å². The smallest absolute Gasteiger partial charge is 0.475 e. The number of aromatic nitrogens is 3. The van der Waals surface area contributed by atoms with Gasteiger partial charge in [0.05, 0.1) is 5.56 Å². The Kier molecular flexibility index (Phi) is 5.65. The number of hydrogen-bond donors (Lipinski definition) is 1. The molecule has 0 spiro atoms. The molecule has 0 aliphatic rings. The van der Waals surface area contributed by atoms with Gasteiger partial charge in [-0.25, -0.2) is 9.18 Å². The molecule has 0 radical (unpaired) electrons. The van der Waals surface area contributed by atoms with Gasteiger partial charge < -0.3 is 9.52 Å². The number of benzene rings is 1. The molecule has 136 valence electrons. The molecular formula is C16H11F4N3O3. The fraction of sp³-hybridized carbons (Fsp3) is 0.125. The average molecular weight is 369 g/mol. The first kappa shape index (κ1) is 19.0. The highest BCUT2D eigenvalue weighted by atomic mass is 19.4. The molecule has 0 unspecified atom stereocenters. The molecule has 3 rings (SSSR count). The van der Waals surface area contributed by atoms with Crippen LogP contribution in [-0.2, 0) is 4.79 Å². The quantitative estimate of drug-likeness (QED) is 0.690. The fourth-order valence-corrected chi connectivity index (χ4v) is 1.78. The molecule has 0 aliphatic heterocycles. The van der Waals surface area contributed by atoms with Crippen molar-refractivity contribution < 1.29 is 31.9 Å². The van der Waals surface area contributed by atoms with E-state index < -0.39 is 12.1 Å². The fourth-order valence-electron chi connectivity index (χ4n) is 1.78. The molecule has 6 nitrogen and oxygen atoms in total. The Labute approximate surface area is 144 Å². The minimum atomic E-state index is -5.08. The van der Waals surface area contributed by atoms with Gasteiger partial charge >= 0.3 is 12.1 Å². The Morgan fingerprint density at radius 3 is 2.35 bits per heavy atom. The van der Waals surface area contributed by atoms with Crippen molar-refractivity contribution >= 4 is 5.97 Å². The van der Waals surface area contributed by atoms with Crippen LogP contribution >= 0.6 is 0 Å². The van der Waals surface area contributed by atoms with Gasteiger partial charge in [0.1, 0.15) is 5.82 Å². The summed E-state index contributed by atoms with van der Waals surface area (Å²) in [5.41, 5.74) is 1.82. The monoisotopic (exact) mass is 369 g/mol. The Morgan fingerprint density at radius 1 is 1.12 bits per heavy atom. The number of halogens is 4. The van der Waals surface area contributed by atoms with E-state index in [2.05, 4.69) is 15.2 Å². The van der Waals surface area contributed by atoms with Crippen LogP contribution in [0.1, 0.15) is 5.56 Å². The first-order valence-corrected chi connectivity index (χ1v) is 6.99. The number of carboxylic acid groups (broad SMARTS) is 1. The molecule has 0 fully saturated rings. The Balaban J connectivity index is 0.000000298. The zero-order chi connectivity index (χ0) is 19.3. The van der Waals surface area contributed by atoms with E-state index in [9.17, 15) is 17.6 Å². The van der Waals surface area contributed by atoms with E-state index in [1.54, 1.807) is 37.5 Å². The molecule has 2 aromatic heterocycles. The predicted octanol–water partition coefficient (Wildman–Crippen LogP) is 3.88. The molecule has 0 bridgehead atoms. The number of hydrogen-bond acceptors (Lipinski definition) is 5. The number of alkyl halides is 3. The van der Waals surface area contributed by atoms with E-state index in [0.717, 1.165) is 5.56 Å². The van der Waals surface area contributed by atoms with Crippen molar-refractivity contribution in [2.24, 2.45) is 0 Å². The summed E-state index contributed by atoms with van der Waals surface area (Å²) >= 11 is 0. The van der Waals surface area contributed by atoms with Crippen molar-refractivity contribution in [3.63, 3.8) is 0 Å². The SMILES string of the molecule is Cc1c(F)cccc1-c1nnc(-c2cccnc2)o1.O=C(O)C(F)(F)F. The number of carbonyl (C=O) groups is 1. The van der Waals surface area contributed by atoms with Crippen molar-refractivity contribution in [1.82, 2.24) is 15.2 Å². The minimum Gasteiger partial charge on any atom is -0.475 e. The molecule has 1 aromatic carbocycles. The van der Waals surface area contributed by atoms with E-state index in [0.29, 0.717) is 22.9 Å². The van der Waals surface area contributed by atoms with Gasteiger partial charge in [-0.15, -0.1) is 10.2 Å². The van der Waals surface area contributed by atoms with Crippen LogP contribution in [0, 0.1) is 12.7 Å².